The predicted molar refractivity (Wildman–Crippen MR) is 130 cm³/mol. The molecule has 5 nitrogen and oxygen atoms in total. The molecule has 0 fully saturated rings. The lowest BCUT2D eigenvalue weighted by Crippen LogP contribution is -2.35. The summed E-state index contributed by atoms with van der Waals surface area (Å²) in [6, 6.07) is 20.6. The van der Waals surface area contributed by atoms with Gasteiger partial charge in [0.15, 0.2) is 5.82 Å². The predicted octanol–water partition coefficient (Wildman–Crippen LogP) is 5.41. The molecule has 1 aromatic heterocycles. The minimum absolute atomic E-state index is 0.309. The van der Waals surface area contributed by atoms with Crippen molar-refractivity contribution in [2.45, 2.75) is 40.0 Å². The summed E-state index contributed by atoms with van der Waals surface area (Å²) in [6.45, 7) is 6.21. The molecule has 0 spiro atoms. The second-order valence-corrected chi connectivity index (χ2v) is 8.13. The molecule has 3 aromatic carbocycles. The number of fused-ring (bicyclic) bond motifs is 1. The molecule has 1 heterocycles. The lowest BCUT2D eigenvalue weighted by atomic mass is 10.1. The molecule has 0 saturated heterocycles. The Morgan fingerprint density at radius 2 is 1.72 bits per heavy atom. The largest absolute Gasteiger partial charge is 0.280 e. The number of nitrogens with one attached hydrogen (secondary N) is 1. The van der Waals surface area contributed by atoms with Crippen LogP contribution in [0.1, 0.15) is 46.8 Å². The average Bonchev–Trinajstić information content (AvgIpc) is 2.81. The minimum Gasteiger partial charge on any atom is -0.267 e. The van der Waals surface area contributed by atoms with E-state index in [0.717, 1.165) is 36.0 Å². The van der Waals surface area contributed by atoms with Crippen LogP contribution in [0.15, 0.2) is 71.5 Å². The third-order valence-electron chi connectivity index (χ3n) is 5.79. The molecular formula is C27H27N3O2. The third kappa shape index (κ3) is 4.33. The molecule has 1 amide bonds. The van der Waals surface area contributed by atoms with Crippen molar-refractivity contribution < 1.29 is 4.79 Å². The number of benzene rings is 3. The van der Waals surface area contributed by atoms with Crippen molar-refractivity contribution in [1.82, 2.24) is 9.66 Å². The molecule has 0 atom stereocenters. The Balaban J connectivity index is 1.76. The summed E-state index contributed by atoms with van der Waals surface area (Å²) in [5, 5.41) is 0.454. The fourth-order valence-corrected chi connectivity index (χ4v) is 3.68. The molecule has 0 aliphatic heterocycles. The number of carbonyl (C=O) groups is 1. The number of amides is 1. The fourth-order valence-electron chi connectivity index (χ4n) is 3.68. The fraction of sp³-hybridized carbons (Fsp3) is 0.222. The molecule has 0 aliphatic rings. The Kier molecular flexibility index (Phi) is 6.17. The number of unbranched alkanes of at least 4 members (excludes halogenated alkanes) is 1. The molecule has 32 heavy (non-hydrogen) atoms. The Bertz CT molecular complexity index is 1340. The van der Waals surface area contributed by atoms with Crippen LogP contribution < -0.4 is 11.0 Å². The SMILES string of the molecule is CCCCc1ccc(C(=O)Nn2c(-c3ccc(C)c(C)c3)nc3ccccc3c2=O)cc1. The van der Waals surface area contributed by atoms with Crippen LogP contribution >= 0.6 is 0 Å². The maximum atomic E-state index is 13.3. The normalized spacial score (nSPS) is 11.0. The lowest BCUT2D eigenvalue weighted by molar-refractivity contribution is 0.101. The zero-order valence-electron chi connectivity index (χ0n) is 18.7. The summed E-state index contributed by atoms with van der Waals surface area (Å²) in [5.74, 6) is 0.0565. The summed E-state index contributed by atoms with van der Waals surface area (Å²) >= 11 is 0. The van der Waals surface area contributed by atoms with Crippen molar-refractivity contribution in [3.63, 3.8) is 0 Å². The van der Waals surface area contributed by atoms with Crippen LogP contribution in [0.4, 0.5) is 0 Å². The lowest BCUT2D eigenvalue weighted by Gasteiger charge is -2.15. The van der Waals surface area contributed by atoms with Gasteiger partial charge in [0, 0.05) is 11.1 Å². The summed E-state index contributed by atoms with van der Waals surface area (Å²) in [4.78, 5) is 31.1. The standard InChI is InChI=1S/C27H27N3O2/c1-4-5-8-20-12-15-21(16-13-20)26(31)29-30-25(22-14-11-18(2)19(3)17-22)28-24-10-7-6-9-23(24)27(30)32/h6-7,9-17H,4-5,8H2,1-3H3,(H,29,31). The van der Waals surface area contributed by atoms with Gasteiger partial charge in [-0.2, -0.15) is 4.68 Å². The molecule has 0 unspecified atom stereocenters. The molecule has 5 heteroatoms. The van der Waals surface area contributed by atoms with E-state index in [1.807, 2.05) is 56.3 Å². The molecule has 0 radical (unpaired) electrons. The first-order chi connectivity index (χ1) is 15.5. The smallest absolute Gasteiger partial charge is 0.267 e. The Morgan fingerprint density at radius 1 is 0.969 bits per heavy atom. The molecule has 4 aromatic rings. The van der Waals surface area contributed by atoms with Crippen molar-refractivity contribution in [2.75, 3.05) is 5.43 Å². The second kappa shape index (κ2) is 9.18. The van der Waals surface area contributed by atoms with Crippen LogP contribution in [-0.4, -0.2) is 15.6 Å². The van der Waals surface area contributed by atoms with E-state index in [2.05, 4.69) is 12.3 Å². The number of para-hydroxylation sites is 1. The zero-order chi connectivity index (χ0) is 22.7. The second-order valence-electron chi connectivity index (χ2n) is 8.13. The zero-order valence-corrected chi connectivity index (χ0v) is 18.7. The quantitative estimate of drug-likeness (QED) is 0.449. The van der Waals surface area contributed by atoms with Crippen LogP contribution in [-0.2, 0) is 6.42 Å². The summed E-state index contributed by atoms with van der Waals surface area (Å²) in [6.07, 6.45) is 3.23. The Hall–Kier alpha value is -3.73. The number of aryl methyl sites for hydroxylation is 3. The number of nitrogens with zero attached hydrogens (tertiary/aromatic N) is 2. The van der Waals surface area contributed by atoms with Gasteiger partial charge in [-0.15, -0.1) is 0 Å². The van der Waals surface area contributed by atoms with E-state index in [1.54, 1.807) is 24.3 Å². The van der Waals surface area contributed by atoms with Gasteiger partial charge in [-0.25, -0.2) is 4.98 Å². The van der Waals surface area contributed by atoms with Gasteiger partial charge in [0.2, 0.25) is 0 Å². The van der Waals surface area contributed by atoms with Gasteiger partial charge in [-0.1, -0.05) is 49.7 Å². The van der Waals surface area contributed by atoms with E-state index in [4.69, 9.17) is 4.98 Å². The van der Waals surface area contributed by atoms with Gasteiger partial charge >= 0.3 is 0 Å². The monoisotopic (exact) mass is 425 g/mol. The van der Waals surface area contributed by atoms with Crippen LogP contribution in [0.3, 0.4) is 0 Å². The maximum Gasteiger partial charge on any atom is 0.280 e. The molecule has 0 bridgehead atoms. The summed E-state index contributed by atoms with van der Waals surface area (Å²) in [7, 11) is 0. The summed E-state index contributed by atoms with van der Waals surface area (Å²) in [5.41, 5.74) is 7.77. The van der Waals surface area contributed by atoms with E-state index in [-0.39, 0.29) is 11.5 Å². The van der Waals surface area contributed by atoms with Gasteiger partial charge in [0.05, 0.1) is 10.9 Å². The minimum atomic E-state index is -0.351. The highest BCUT2D eigenvalue weighted by molar-refractivity contribution is 6.00. The average molecular weight is 426 g/mol. The van der Waals surface area contributed by atoms with Crippen molar-refractivity contribution in [3.8, 4) is 11.4 Å². The van der Waals surface area contributed by atoms with Gasteiger partial charge in [-0.05, 0) is 73.7 Å². The summed E-state index contributed by atoms with van der Waals surface area (Å²) < 4.78 is 1.26. The van der Waals surface area contributed by atoms with Gasteiger partial charge in [-0.3, -0.25) is 15.0 Å². The van der Waals surface area contributed by atoms with Crippen LogP contribution in [0.25, 0.3) is 22.3 Å². The van der Waals surface area contributed by atoms with Crippen LogP contribution in [0, 0.1) is 13.8 Å². The van der Waals surface area contributed by atoms with Crippen LogP contribution in [0.2, 0.25) is 0 Å². The van der Waals surface area contributed by atoms with Crippen molar-refractivity contribution >= 4 is 16.8 Å². The van der Waals surface area contributed by atoms with E-state index >= 15 is 0 Å². The van der Waals surface area contributed by atoms with Crippen molar-refractivity contribution in [3.05, 3.63) is 99.3 Å². The molecule has 4 rings (SSSR count). The number of hydrogen-bond acceptors (Lipinski definition) is 3. The Morgan fingerprint density at radius 3 is 2.44 bits per heavy atom. The number of aromatic nitrogens is 2. The highest BCUT2D eigenvalue weighted by Gasteiger charge is 2.16. The highest BCUT2D eigenvalue weighted by atomic mass is 16.2. The van der Waals surface area contributed by atoms with Crippen molar-refractivity contribution in [2.24, 2.45) is 0 Å². The third-order valence-corrected chi connectivity index (χ3v) is 5.79. The molecule has 0 aliphatic carbocycles. The van der Waals surface area contributed by atoms with Crippen LogP contribution in [0.5, 0.6) is 0 Å². The van der Waals surface area contributed by atoms with E-state index in [9.17, 15) is 9.59 Å². The van der Waals surface area contributed by atoms with Crippen molar-refractivity contribution in [1.29, 1.82) is 0 Å². The first-order valence-corrected chi connectivity index (χ1v) is 11.0. The number of rotatable bonds is 6. The first kappa shape index (κ1) is 21.5. The van der Waals surface area contributed by atoms with Gasteiger partial charge in [0.25, 0.3) is 11.5 Å². The first-order valence-electron chi connectivity index (χ1n) is 11.0. The molecule has 0 saturated carbocycles. The number of hydrogen-bond donors (Lipinski definition) is 1. The van der Waals surface area contributed by atoms with Gasteiger partial charge in [0.1, 0.15) is 0 Å². The number of carbonyl (C=O) groups excluding carboxylic acids is 1. The van der Waals surface area contributed by atoms with E-state index < -0.39 is 0 Å². The molecule has 1 N–H and O–H groups in total. The van der Waals surface area contributed by atoms with E-state index in [1.165, 1.54) is 10.2 Å². The topological polar surface area (TPSA) is 64.0 Å². The van der Waals surface area contributed by atoms with Gasteiger partial charge < -0.3 is 0 Å². The molecule has 162 valence electrons. The highest BCUT2D eigenvalue weighted by Crippen LogP contribution is 2.21. The maximum absolute atomic E-state index is 13.3. The molecular weight excluding hydrogens is 398 g/mol. The Labute approximate surface area is 187 Å². The van der Waals surface area contributed by atoms with E-state index in [0.29, 0.717) is 22.3 Å².